The van der Waals surface area contributed by atoms with E-state index in [0.29, 0.717) is 13.0 Å². The van der Waals surface area contributed by atoms with Crippen molar-refractivity contribution < 1.29 is 5.11 Å². The Kier molecular flexibility index (Phi) is 3.53. The number of benzene rings is 1. The molecule has 0 aromatic heterocycles. The maximum atomic E-state index is 10.5. The molecular formula is C13H18ClNO. The van der Waals surface area contributed by atoms with E-state index >= 15 is 0 Å². The first-order valence-corrected chi connectivity index (χ1v) is 6.16. The molecular weight excluding hydrogens is 222 g/mol. The lowest BCUT2D eigenvalue weighted by atomic mass is 9.86. The number of hydrogen-bond donors (Lipinski definition) is 2. The Morgan fingerprint density at radius 1 is 1.50 bits per heavy atom. The van der Waals surface area contributed by atoms with Gasteiger partial charge in [-0.2, -0.15) is 0 Å². The number of aliphatic hydroxyl groups is 1. The zero-order valence-electron chi connectivity index (χ0n) is 9.59. The largest absolute Gasteiger partial charge is 0.388 e. The lowest BCUT2D eigenvalue weighted by Gasteiger charge is -2.33. The number of β-amino-alcohol motifs (C(OH)–C–C–N with tert-alkyl or cyclic N) is 1. The van der Waals surface area contributed by atoms with Gasteiger partial charge >= 0.3 is 0 Å². The Bertz CT molecular complexity index is 352. The van der Waals surface area contributed by atoms with Gasteiger partial charge in [0, 0.05) is 18.0 Å². The van der Waals surface area contributed by atoms with Crippen LogP contribution in [0.5, 0.6) is 0 Å². The van der Waals surface area contributed by atoms with Crippen molar-refractivity contribution in [3.8, 4) is 0 Å². The Labute approximate surface area is 102 Å². The van der Waals surface area contributed by atoms with E-state index < -0.39 is 5.60 Å². The molecule has 2 nitrogen and oxygen atoms in total. The van der Waals surface area contributed by atoms with Crippen LogP contribution < -0.4 is 5.32 Å². The molecule has 1 aromatic rings. The van der Waals surface area contributed by atoms with Gasteiger partial charge in [0.2, 0.25) is 0 Å². The minimum absolute atomic E-state index is 0.631. The number of aryl methyl sites for hydroxylation is 1. The van der Waals surface area contributed by atoms with E-state index in [1.807, 2.05) is 25.1 Å². The molecule has 1 heterocycles. The van der Waals surface area contributed by atoms with Gasteiger partial charge in [-0.25, -0.2) is 0 Å². The molecule has 1 fully saturated rings. The molecule has 0 amide bonds. The third kappa shape index (κ3) is 2.57. The van der Waals surface area contributed by atoms with Crippen LogP contribution in [-0.2, 0) is 6.42 Å². The SMILES string of the molecule is Cc1cccc(Cl)c1CC1(O)CCCNC1. The molecule has 1 atom stereocenters. The van der Waals surface area contributed by atoms with Gasteiger partial charge in [-0.05, 0) is 43.5 Å². The molecule has 88 valence electrons. The minimum atomic E-state index is -0.631. The normalized spacial score (nSPS) is 25.7. The lowest BCUT2D eigenvalue weighted by Crippen LogP contribution is -2.47. The predicted octanol–water partition coefficient (Wildman–Crippen LogP) is 2.31. The Morgan fingerprint density at radius 3 is 2.94 bits per heavy atom. The molecule has 3 heteroatoms. The molecule has 1 aliphatic rings. The van der Waals surface area contributed by atoms with Crippen molar-refractivity contribution in [2.75, 3.05) is 13.1 Å². The fraction of sp³-hybridized carbons (Fsp3) is 0.538. The van der Waals surface area contributed by atoms with Crippen LogP contribution in [0, 0.1) is 6.92 Å². The Hall–Kier alpha value is -0.570. The van der Waals surface area contributed by atoms with E-state index in [0.717, 1.165) is 35.5 Å². The molecule has 2 N–H and O–H groups in total. The molecule has 0 spiro atoms. The zero-order chi connectivity index (χ0) is 11.6. The Morgan fingerprint density at radius 2 is 2.31 bits per heavy atom. The molecule has 0 bridgehead atoms. The van der Waals surface area contributed by atoms with Gasteiger partial charge in [-0.1, -0.05) is 23.7 Å². The predicted molar refractivity (Wildman–Crippen MR) is 66.9 cm³/mol. The maximum Gasteiger partial charge on any atom is 0.0812 e. The average Bonchev–Trinajstić information content (AvgIpc) is 2.25. The molecule has 1 saturated heterocycles. The third-order valence-electron chi connectivity index (χ3n) is 3.31. The van der Waals surface area contributed by atoms with E-state index in [9.17, 15) is 5.11 Å². The van der Waals surface area contributed by atoms with Crippen molar-refractivity contribution >= 4 is 11.6 Å². The van der Waals surface area contributed by atoms with Crippen LogP contribution in [0.4, 0.5) is 0 Å². The third-order valence-corrected chi connectivity index (χ3v) is 3.66. The summed E-state index contributed by atoms with van der Waals surface area (Å²) in [5, 5.41) is 14.5. The highest BCUT2D eigenvalue weighted by atomic mass is 35.5. The molecule has 0 saturated carbocycles. The van der Waals surface area contributed by atoms with Crippen molar-refractivity contribution in [1.82, 2.24) is 5.32 Å². The van der Waals surface area contributed by atoms with Gasteiger partial charge in [0.25, 0.3) is 0 Å². The second-order valence-corrected chi connectivity index (χ2v) is 5.12. The molecule has 2 rings (SSSR count). The fourth-order valence-corrected chi connectivity index (χ4v) is 2.61. The smallest absolute Gasteiger partial charge is 0.0812 e. The second kappa shape index (κ2) is 4.74. The van der Waals surface area contributed by atoms with Crippen molar-refractivity contribution in [2.45, 2.75) is 31.8 Å². The zero-order valence-corrected chi connectivity index (χ0v) is 10.3. The van der Waals surface area contributed by atoms with Crippen LogP contribution in [0.15, 0.2) is 18.2 Å². The summed E-state index contributed by atoms with van der Waals surface area (Å²) in [7, 11) is 0. The molecule has 1 aromatic carbocycles. The summed E-state index contributed by atoms with van der Waals surface area (Å²) in [6.45, 7) is 3.71. The first kappa shape index (κ1) is 11.9. The van der Waals surface area contributed by atoms with Crippen molar-refractivity contribution in [3.63, 3.8) is 0 Å². The summed E-state index contributed by atoms with van der Waals surface area (Å²) in [6.07, 6.45) is 2.52. The molecule has 0 aliphatic carbocycles. The van der Waals surface area contributed by atoms with E-state index in [2.05, 4.69) is 5.32 Å². The quantitative estimate of drug-likeness (QED) is 0.830. The number of nitrogens with one attached hydrogen (secondary N) is 1. The Balaban J connectivity index is 2.19. The lowest BCUT2D eigenvalue weighted by molar-refractivity contribution is 0.0168. The standard InChI is InChI=1S/C13H18ClNO/c1-10-4-2-5-12(14)11(10)8-13(16)6-3-7-15-9-13/h2,4-5,15-16H,3,6-9H2,1H3. The van der Waals surface area contributed by atoms with Crippen molar-refractivity contribution in [3.05, 3.63) is 34.3 Å². The summed E-state index contributed by atoms with van der Waals surface area (Å²) < 4.78 is 0. The van der Waals surface area contributed by atoms with Gasteiger partial charge in [0.1, 0.15) is 0 Å². The van der Waals surface area contributed by atoms with Crippen LogP contribution in [0.3, 0.4) is 0 Å². The highest BCUT2D eigenvalue weighted by molar-refractivity contribution is 6.31. The number of piperidine rings is 1. The summed E-state index contributed by atoms with van der Waals surface area (Å²) >= 11 is 6.18. The second-order valence-electron chi connectivity index (χ2n) is 4.72. The minimum Gasteiger partial charge on any atom is -0.388 e. The topological polar surface area (TPSA) is 32.3 Å². The first-order chi connectivity index (χ1) is 7.61. The average molecular weight is 240 g/mol. The van der Waals surface area contributed by atoms with Gasteiger partial charge < -0.3 is 10.4 Å². The fourth-order valence-electron chi connectivity index (χ4n) is 2.32. The molecule has 1 aliphatic heterocycles. The van der Waals surface area contributed by atoms with Crippen LogP contribution in [0.1, 0.15) is 24.0 Å². The summed E-state index contributed by atoms with van der Waals surface area (Å²) in [5.41, 5.74) is 1.61. The number of rotatable bonds is 2. The number of halogens is 1. The monoisotopic (exact) mass is 239 g/mol. The summed E-state index contributed by atoms with van der Waals surface area (Å²) in [4.78, 5) is 0. The molecule has 16 heavy (non-hydrogen) atoms. The van der Waals surface area contributed by atoms with E-state index in [1.165, 1.54) is 0 Å². The van der Waals surface area contributed by atoms with Crippen molar-refractivity contribution in [1.29, 1.82) is 0 Å². The number of hydrogen-bond acceptors (Lipinski definition) is 2. The van der Waals surface area contributed by atoms with Crippen LogP contribution in [0.2, 0.25) is 5.02 Å². The van der Waals surface area contributed by atoms with Crippen molar-refractivity contribution in [2.24, 2.45) is 0 Å². The van der Waals surface area contributed by atoms with Crippen LogP contribution in [-0.4, -0.2) is 23.8 Å². The van der Waals surface area contributed by atoms with Crippen LogP contribution >= 0.6 is 11.6 Å². The van der Waals surface area contributed by atoms with E-state index in [-0.39, 0.29) is 0 Å². The van der Waals surface area contributed by atoms with Gasteiger partial charge in [0.05, 0.1) is 5.60 Å². The maximum absolute atomic E-state index is 10.5. The summed E-state index contributed by atoms with van der Waals surface area (Å²) in [6, 6.07) is 5.88. The highest BCUT2D eigenvalue weighted by Gasteiger charge is 2.30. The first-order valence-electron chi connectivity index (χ1n) is 5.78. The van der Waals surface area contributed by atoms with Gasteiger partial charge in [0.15, 0.2) is 0 Å². The van der Waals surface area contributed by atoms with Crippen LogP contribution in [0.25, 0.3) is 0 Å². The van der Waals surface area contributed by atoms with Gasteiger partial charge in [-0.15, -0.1) is 0 Å². The highest BCUT2D eigenvalue weighted by Crippen LogP contribution is 2.27. The summed E-state index contributed by atoms with van der Waals surface area (Å²) in [5.74, 6) is 0. The molecule has 1 unspecified atom stereocenters. The van der Waals surface area contributed by atoms with Gasteiger partial charge in [-0.3, -0.25) is 0 Å². The molecule has 0 radical (unpaired) electrons. The van der Waals surface area contributed by atoms with E-state index in [4.69, 9.17) is 11.6 Å². The van der Waals surface area contributed by atoms with E-state index in [1.54, 1.807) is 0 Å².